The Bertz CT molecular complexity index is 717. The van der Waals surface area contributed by atoms with Crippen LogP contribution >= 0.6 is 0 Å². The number of piperidine rings is 1. The van der Waals surface area contributed by atoms with Gasteiger partial charge in [-0.1, -0.05) is 19.3 Å². The number of imidazole rings is 1. The summed E-state index contributed by atoms with van der Waals surface area (Å²) in [5.74, 6) is 0.896. The molecule has 2 aromatic heterocycles. The number of H-pyrrole nitrogens is 1. The molecule has 0 aromatic carbocycles. The molecule has 0 atom stereocenters. The molecule has 3 heterocycles. The summed E-state index contributed by atoms with van der Waals surface area (Å²) in [5, 5.41) is 6.27. The second kappa shape index (κ2) is 7.25. The van der Waals surface area contributed by atoms with Gasteiger partial charge >= 0.3 is 6.03 Å². The van der Waals surface area contributed by atoms with Crippen LogP contribution in [-0.2, 0) is 0 Å². The van der Waals surface area contributed by atoms with Gasteiger partial charge in [-0.05, 0) is 25.7 Å². The van der Waals surface area contributed by atoms with E-state index in [1.165, 1.54) is 19.3 Å². The fourth-order valence-electron chi connectivity index (χ4n) is 3.89. The Kier molecular flexibility index (Phi) is 4.67. The third-order valence-electron chi connectivity index (χ3n) is 5.27. The van der Waals surface area contributed by atoms with E-state index >= 15 is 0 Å². The minimum atomic E-state index is -0.0108. The molecule has 0 unspecified atom stereocenters. The second-order valence-corrected chi connectivity index (χ2v) is 7.01. The second-order valence-electron chi connectivity index (χ2n) is 7.01. The van der Waals surface area contributed by atoms with Gasteiger partial charge in [0.05, 0.1) is 6.33 Å². The van der Waals surface area contributed by atoms with Gasteiger partial charge in [0.25, 0.3) is 0 Å². The maximum atomic E-state index is 12.2. The lowest BCUT2D eigenvalue weighted by molar-refractivity contribution is 0.226. The average molecular weight is 343 g/mol. The lowest BCUT2D eigenvalue weighted by atomic mass is 9.96. The Hall–Kier alpha value is -2.38. The van der Waals surface area contributed by atoms with Crippen molar-refractivity contribution in [2.75, 3.05) is 18.0 Å². The third kappa shape index (κ3) is 3.67. The summed E-state index contributed by atoms with van der Waals surface area (Å²) in [6.45, 7) is 1.72. The highest BCUT2D eigenvalue weighted by Crippen LogP contribution is 2.23. The van der Waals surface area contributed by atoms with Gasteiger partial charge in [-0.15, -0.1) is 0 Å². The first kappa shape index (κ1) is 16.1. The summed E-state index contributed by atoms with van der Waals surface area (Å²) in [5.41, 5.74) is 1.57. The molecule has 2 fully saturated rings. The van der Waals surface area contributed by atoms with E-state index in [0.29, 0.717) is 11.7 Å². The molecule has 4 rings (SSSR count). The molecule has 25 heavy (non-hydrogen) atoms. The molecule has 134 valence electrons. The van der Waals surface area contributed by atoms with E-state index in [2.05, 4.69) is 35.5 Å². The normalized spacial score (nSPS) is 19.9. The smallest absolute Gasteiger partial charge is 0.315 e. The van der Waals surface area contributed by atoms with Crippen LogP contribution in [0.4, 0.5) is 10.6 Å². The zero-order chi connectivity index (χ0) is 17.1. The predicted molar refractivity (Wildman–Crippen MR) is 95.5 cm³/mol. The molecule has 2 aliphatic rings. The molecule has 2 amide bonds. The maximum absolute atomic E-state index is 12.2. The Morgan fingerprint density at radius 2 is 1.72 bits per heavy atom. The minimum Gasteiger partial charge on any atom is -0.355 e. The van der Waals surface area contributed by atoms with Gasteiger partial charge < -0.3 is 20.5 Å². The van der Waals surface area contributed by atoms with E-state index in [4.69, 9.17) is 0 Å². The highest BCUT2D eigenvalue weighted by Gasteiger charge is 2.24. The third-order valence-corrected chi connectivity index (χ3v) is 5.27. The molecule has 3 N–H and O–H groups in total. The van der Waals surface area contributed by atoms with E-state index in [1.807, 2.05) is 0 Å². The molecule has 0 bridgehead atoms. The number of nitrogens with zero attached hydrogens (tertiary/aromatic N) is 4. The summed E-state index contributed by atoms with van der Waals surface area (Å²) in [6.07, 6.45) is 11.0. The van der Waals surface area contributed by atoms with Crippen molar-refractivity contribution in [2.45, 2.75) is 57.0 Å². The monoisotopic (exact) mass is 343 g/mol. The number of aromatic amines is 1. The molecule has 2 aromatic rings. The van der Waals surface area contributed by atoms with E-state index in [1.54, 1.807) is 12.7 Å². The van der Waals surface area contributed by atoms with Crippen LogP contribution in [0, 0.1) is 0 Å². The van der Waals surface area contributed by atoms with Crippen molar-refractivity contribution in [3.63, 3.8) is 0 Å². The van der Waals surface area contributed by atoms with Gasteiger partial charge in [-0.3, -0.25) is 0 Å². The van der Waals surface area contributed by atoms with Crippen LogP contribution in [0.2, 0.25) is 0 Å². The molecule has 1 aliphatic carbocycles. The van der Waals surface area contributed by atoms with Crippen molar-refractivity contribution in [1.82, 2.24) is 30.6 Å². The topological polar surface area (TPSA) is 98.8 Å². The SMILES string of the molecule is O=C(NC1CCCCC1)NC1CCN(c2ncnc3nc[nH]c23)CC1. The highest BCUT2D eigenvalue weighted by atomic mass is 16.2. The Balaban J connectivity index is 1.29. The number of nitrogens with one attached hydrogen (secondary N) is 3. The summed E-state index contributed by atoms with van der Waals surface area (Å²) in [4.78, 5) is 30.3. The van der Waals surface area contributed by atoms with Crippen LogP contribution in [0.25, 0.3) is 11.2 Å². The van der Waals surface area contributed by atoms with Crippen molar-refractivity contribution in [3.05, 3.63) is 12.7 Å². The van der Waals surface area contributed by atoms with Crippen LogP contribution in [0.5, 0.6) is 0 Å². The molecule has 1 saturated heterocycles. The fourth-order valence-corrected chi connectivity index (χ4v) is 3.89. The molecular weight excluding hydrogens is 318 g/mol. The van der Waals surface area contributed by atoms with E-state index in [-0.39, 0.29) is 12.1 Å². The van der Waals surface area contributed by atoms with Gasteiger partial charge in [0.15, 0.2) is 11.5 Å². The number of hydrogen-bond acceptors (Lipinski definition) is 5. The average Bonchev–Trinajstić information content (AvgIpc) is 3.12. The molecule has 0 spiro atoms. The van der Waals surface area contributed by atoms with Crippen molar-refractivity contribution >= 4 is 23.0 Å². The molecule has 1 saturated carbocycles. The molecule has 8 nitrogen and oxygen atoms in total. The summed E-state index contributed by atoms with van der Waals surface area (Å²) in [6, 6.07) is 0.561. The van der Waals surface area contributed by atoms with Gasteiger partial charge in [0, 0.05) is 25.2 Å². The maximum Gasteiger partial charge on any atom is 0.315 e. The van der Waals surface area contributed by atoms with Crippen molar-refractivity contribution in [1.29, 1.82) is 0 Å². The van der Waals surface area contributed by atoms with E-state index in [0.717, 1.165) is 50.1 Å². The fraction of sp³-hybridized carbons (Fsp3) is 0.647. The van der Waals surface area contributed by atoms with Crippen molar-refractivity contribution < 1.29 is 4.79 Å². The van der Waals surface area contributed by atoms with Crippen LogP contribution in [0.1, 0.15) is 44.9 Å². The summed E-state index contributed by atoms with van der Waals surface area (Å²) < 4.78 is 0. The first-order chi connectivity index (χ1) is 12.3. The number of carbonyl (C=O) groups excluding carboxylic acids is 1. The van der Waals surface area contributed by atoms with Gasteiger partial charge in [0.2, 0.25) is 0 Å². The lowest BCUT2D eigenvalue weighted by Gasteiger charge is -2.33. The highest BCUT2D eigenvalue weighted by molar-refractivity contribution is 5.82. The van der Waals surface area contributed by atoms with Crippen LogP contribution in [-0.4, -0.2) is 51.1 Å². The number of amides is 2. The number of carbonyl (C=O) groups is 1. The Morgan fingerprint density at radius 1 is 1.00 bits per heavy atom. The zero-order valence-corrected chi connectivity index (χ0v) is 14.4. The largest absolute Gasteiger partial charge is 0.355 e. The van der Waals surface area contributed by atoms with Crippen LogP contribution in [0.15, 0.2) is 12.7 Å². The zero-order valence-electron chi connectivity index (χ0n) is 14.4. The van der Waals surface area contributed by atoms with Crippen molar-refractivity contribution in [3.8, 4) is 0 Å². The Morgan fingerprint density at radius 3 is 2.48 bits per heavy atom. The van der Waals surface area contributed by atoms with Gasteiger partial charge in [-0.25, -0.2) is 19.7 Å². The number of anilines is 1. The lowest BCUT2D eigenvalue weighted by Crippen LogP contribution is -2.50. The molecular formula is C17H25N7O. The van der Waals surface area contributed by atoms with E-state index in [9.17, 15) is 4.79 Å². The van der Waals surface area contributed by atoms with Gasteiger partial charge in [0.1, 0.15) is 11.8 Å². The quantitative estimate of drug-likeness (QED) is 0.791. The van der Waals surface area contributed by atoms with Crippen molar-refractivity contribution in [2.24, 2.45) is 0 Å². The van der Waals surface area contributed by atoms with Crippen LogP contribution < -0.4 is 15.5 Å². The standard InChI is InChI=1S/C17H25N7O/c25-17(22-12-4-2-1-3-5-12)23-13-6-8-24(9-7-13)16-14-15(19-10-18-14)20-11-21-16/h10-13H,1-9H2,(H2,22,23,25)(H,18,19,20,21). The number of hydrogen-bond donors (Lipinski definition) is 3. The first-order valence-corrected chi connectivity index (χ1v) is 9.25. The molecule has 1 aliphatic heterocycles. The summed E-state index contributed by atoms with van der Waals surface area (Å²) >= 11 is 0. The predicted octanol–water partition coefficient (Wildman–Crippen LogP) is 1.95. The van der Waals surface area contributed by atoms with Gasteiger partial charge in [-0.2, -0.15) is 0 Å². The minimum absolute atomic E-state index is 0.0108. The van der Waals surface area contributed by atoms with Crippen LogP contribution in [0.3, 0.4) is 0 Å². The van der Waals surface area contributed by atoms with E-state index < -0.39 is 0 Å². The number of fused-ring (bicyclic) bond motifs is 1. The first-order valence-electron chi connectivity index (χ1n) is 9.25. The number of urea groups is 1. The molecule has 0 radical (unpaired) electrons. The Labute approximate surface area is 146 Å². The number of rotatable bonds is 3. The summed E-state index contributed by atoms with van der Waals surface area (Å²) in [7, 11) is 0. The molecule has 8 heteroatoms. The number of aromatic nitrogens is 4.